The van der Waals surface area contributed by atoms with Crippen molar-refractivity contribution in [2.45, 2.75) is 63.5 Å². The van der Waals surface area contributed by atoms with Gasteiger partial charge in [0.1, 0.15) is 34.9 Å². The molecule has 3 amide bonds. The van der Waals surface area contributed by atoms with Gasteiger partial charge in [0.25, 0.3) is 0 Å². The monoisotopic (exact) mass is 611 g/mol. The number of anilines is 1. The van der Waals surface area contributed by atoms with E-state index in [0.29, 0.717) is 44.7 Å². The Morgan fingerprint density at radius 1 is 1.16 bits per heavy atom. The van der Waals surface area contributed by atoms with Gasteiger partial charge < -0.3 is 26.2 Å². The number of halogens is 1. The van der Waals surface area contributed by atoms with Crippen LogP contribution in [0, 0.1) is 12.7 Å². The molecule has 2 atom stereocenters. The van der Waals surface area contributed by atoms with Gasteiger partial charge in [-0.2, -0.15) is 0 Å². The molecule has 45 heavy (non-hydrogen) atoms. The van der Waals surface area contributed by atoms with Crippen LogP contribution in [0.4, 0.5) is 14.9 Å². The molecule has 4 aromatic rings. The second-order valence-electron chi connectivity index (χ2n) is 12.4. The van der Waals surface area contributed by atoms with Crippen molar-refractivity contribution in [1.29, 1.82) is 0 Å². The topological polar surface area (TPSA) is 157 Å². The van der Waals surface area contributed by atoms with Crippen LogP contribution in [-0.4, -0.2) is 45.4 Å². The van der Waals surface area contributed by atoms with Gasteiger partial charge in [-0.1, -0.05) is 0 Å². The van der Waals surface area contributed by atoms with Gasteiger partial charge in [-0.3, -0.25) is 14.6 Å². The Labute approximate surface area is 259 Å². The summed E-state index contributed by atoms with van der Waals surface area (Å²) in [6.45, 7) is 5.08. The van der Waals surface area contributed by atoms with Crippen molar-refractivity contribution >= 4 is 34.3 Å². The van der Waals surface area contributed by atoms with Gasteiger partial charge in [-0.25, -0.2) is 14.2 Å². The van der Waals surface area contributed by atoms with Gasteiger partial charge in [0.15, 0.2) is 5.78 Å². The first kappa shape index (κ1) is 30.1. The van der Waals surface area contributed by atoms with Crippen LogP contribution >= 0.6 is 0 Å². The van der Waals surface area contributed by atoms with Crippen molar-refractivity contribution in [2.24, 2.45) is 5.73 Å². The molecule has 2 aliphatic rings. The molecule has 0 unspecified atom stereocenters. The van der Waals surface area contributed by atoms with Crippen LogP contribution in [0.15, 0.2) is 54.7 Å². The van der Waals surface area contributed by atoms with Gasteiger partial charge in [0, 0.05) is 40.7 Å². The lowest BCUT2D eigenvalue weighted by Crippen LogP contribution is -2.40. The largest absolute Gasteiger partial charge is 0.489 e. The number of hydrogen-bond donors (Lipinski definition) is 4. The van der Waals surface area contributed by atoms with Crippen LogP contribution in [0.2, 0.25) is 0 Å². The number of rotatable bonds is 9. The maximum atomic E-state index is 13.7. The predicted octanol–water partition coefficient (Wildman–Crippen LogP) is 5.03. The maximum absolute atomic E-state index is 13.7. The summed E-state index contributed by atoms with van der Waals surface area (Å²) >= 11 is 0. The lowest BCUT2D eigenvalue weighted by Gasteiger charge is -2.26. The van der Waals surface area contributed by atoms with Crippen molar-refractivity contribution in [3.05, 3.63) is 82.9 Å². The van der Waals surface area contributed by atoms with E-state index < -0.39 is 22.7 Å². The first-order valence-corrected chi connectivity index (χ1v) is 14.8. The van der Waals surface area contributed by atoms with Crippen LogP contribution in [0.5, 0.6) is 5.75 Å². The minimum absolute atomic E-state index is 0.0103. The normalized spacial score (nSPS) is 18.5. The zero-order valence-electron chi connectivity index (χ0n) is 25.2. The number of urea groups is 1. The van der Waals surface area contributed by atoms with Gasteiger partial charge in [-0.05, 0) is 94.1 Å². The van der Waals surface area contributed by atoms with Crippen molar-refractivity contribution in [1.82, 2.24) is 15.3 Å². The van der Waals surface area contributed by atoms with Crippen LogP contribution in [0.25, 0.3) is 22.2 Å². The summed E-state index contributed by atoms with van der Waals surface area (Å²) < 4.78 is 19.6. The zero-order chi connectivity index (χ0) is 32.1. The number of nitrogens with zero attached hydrogens (tertiary/aromatic N) is 2. The number of Topliss-reactive ketones (excluding diaryl/α,β-unsaturated/α-hetero) is 1. The average molecular weight is 612 g/mol. The fourth-order valence-electron chi connectivity index (χ4n) is 5.48. The van der Waals surface area contributed by atoms with Crippen LogP contribution < -0.4 is 21.1 Å². The molecule has 0 radical (unpaired) electrons. The number of aliphatic hydroxyl groups is 1. The maximum Gasteiger partial charge on any atom is 0.319 e. The highest BCUT2D eigenvalue weighted by Gasteiger charge is 2.45. The number of carbonyl (C=O) groups excluding carboxylic acids is 3. The first-order valence-electron chi connectivity index (χ1n) is 14.8. The van der Waals surface area contributed by atoms with E-state index in [2.05, 4.69) is 15.6 Å². The Bertz CT molecular complexity index is 1850. The summed E-state index contributed by atoms with van der Waals surface area (Å²) in [6, 6.07) is 12.3. The number of ether oxygens (including phenoxy) is 1. The molecular formula is C34H34FN5O5. The number of primary amides is 1. The minimum atomic E-state index is -1.61. The molecule has 1 aliphatic heterocycles. The second kappa shape index (κ2) is 11.2. The highest BCUT2D eigenvalue weighted by Crippen LogP contribution is 2.46. The first-order chi connectivity index (χ1) is 21.3. The number of aryl methyl sites for hydroxylation is 1. The summed E-state index contributed by atoms with van der Waals surface area (Å²) in [5.41, 5.74) is 6.73. The molecule has 232 valence electrons. The summed E-state index contributed by atoms with van der Waals surface area (Å²) in [4.78, 5) is 47.8. The van der Waals surface area contributed by atoms with Crippen LogP contribution in [-0.2, 0) is 15.8 Å². The SMILES string of the molecule is Cc1cnc2c(NC(=O)NC3CC3)cc(C(=O)CC[C@](C)(O)c3cc4c(c(-c5ccc(F)cc5)n3)OC[C@]4(C)C(N)=O)cc2c1. The molecule has 3 heterocycles. The molecule has 5 N–H and O–H groups in total. The molecule has 10 nitrogen and oxygen atoms in total. The Kier molecular flexibility index (Phi) is 7.52. The minimum Gasteiger partial charge on any atom is -0.489 e. The standard InChI is InChI=1S/C34H34FN5O5/c1-18-12-21-13-20(14-25(28(21)37-16-18)39-32(43)38-23-8-9-23)26(41)10-11-34(3,44)27-15-24-30(45-17-33(24,2)31(36)42)29(40-27)19-4-6-22(35)7-5-19/h4-7,12-16,23,44H,8-11,17H2,1-3H3,(H2,36,42)(H2,38,39,43)/t33-,34-/m0/s1. The molecule has 0 bridgehead atoms. The van der Waals surface area contributed by atoms with Gasteiger partial charge in [0.2, 0.25) is 5.91 Å². The number of ketones is 1. The molecule has 2 aromatic carbocycles. The van der Waals surface area contributed by atoms with Crippen LogP contribution in [0.3, 0.4) is 0 Å². The number of benzene rings is 2. The summed E-state index contributed by atoms with van der Waals surface area (Å²) in [7, 11) is 0. The van der Waals surface area contributed by atoms with E-state index in [1.807, 2.05) is 13.0 Å². The number of fused-ring (bicyclic) bond motifs is 2. The van der Waals surface area contributed by atoms with Crippen LogP contribution in [0.1, 0.15) is 66.7 Å². The van der Waals surface area contributed by atoms with E-state index in [0.717, 1.165) is 18.4 Å². The number of carbonyl (C=O) groups is 3. The van der Waals surface area contributed by atoms with Gasteiger partial charge >= 0.3 is 6.03 Å². The Morgan fingerprint density at radius 2 is 1.89 bits per heavy atom. The van der Waals surface area contributed by atoms with E-state index in [1.165, 1.54) is 24.3 Å². The highest BCUT2D eigenvalue weighted by molar-refractivity contribution is 6.06. The number of nitrogens with one attached hydrogen (secondary N) is 2. The number of pyridine rings is 2. The van der Waals surface area contributed by atoms with Crippen molar-refractivity contribution in [3.8, 4) is 17.0 Å². The molecule has 6 rings (SSSR count). The molecule has 1 saturated carbocycles. The fourth-order valence-corrected chi connectivity index (χ4v) is 5.48. The molecule has 0 spiro atoms. The lowest BCUT2D eigenvalue weighted by molar-refractivity contribution is -0.123. The number of aromatic nitrogens is 2. The molecule has 0 saturated heterocycles. The Morgan fingerprint density at radius 3 is 2.58 bits per heavy atom. The number of nitrogens with two attached hydrogens (primary N) is 1. The molecule has 11 heteroatoms. The Hall–Kier alpha value is -4.90. The molecule has 2 aromatic heterocycles. The summed E-state index contributed by atoms with van der Waals surface area (Å²) in [6.07, 6.45) is 3.50. The van der Waals surface area contributed by atoms with E-state index in [1.54, 1.807) is 38.2 Å². The average Bonchev–Trinajstić information content (AvgIpc) is 3.74. The quantitative estimate of drug-likeness (QED) is 0.193. The van der Waals surface area contributed by atoms with E-state index in [9.17, 15) is 23.9 Å². The van der Waals surface area contributed by atoms with Gasteiger partial charge in [-0.15, -0.1) is 0 Å². The third-order valence-corrected chi connectivity index (χ3v) is 8.53. The number of amides is 3. The lowest BCUT2D eigenvalue weighted by atomic mass is 9.81. The Balaban J connectivity index is 1.31. The van der Waals surface area contributed by atoms with E-state index in [4.69, 9.17) is 15.5 Å². The molecule has 1 fully saturated rings. The van der Waals surface area contributed by atoms with E-state index in [-0.39, 0.29) is 43.0 Å². The smallest absolute Gasteiger partial charge is 0.319 e. The zero-order valence-corrected chi connectivity index (χ0v) is 25.2. The van der Waals surface area contributed by atoms with Crippen molar-refractivity contribution in [2.75, 3.05) is 11.9 Å². The summed E-state index contributed by atoms with van der Waals surface area (Å²) in [5.74, 6) is -0.949. The predicted molar refractivity (Wildman–Crippen MR) is 166 cm³/mol. The third kappa shape index (κ3) is 5.95. The molecule has 1 aliphatic carbocycles. The second-order valence-corrected chi connectivity index (χ2v) is 12.4. The van der Waals surface area contributed by atoms with Gasteiger partial charge in [0.05, 0.1) is 16.9 Å². The number of hydrogen-bond acceptors (Lipinski definition) is 7. The molecular weight excluding hydrogens is 577 g/mol. The highest BCUT2D eigenvalue weighted by atomic mass is 19.1. The summed E-state index contributed by atoms with van der Waals surface area (Å²) in [5, 5.41) is 18.1. The van der Waals surface area contributed by atoms with E-state index >= 15 is 0 Å². The third-order valence-electron chi connectivity index (χ3n) is 8.53. The van der Waals surface area contributed by atoms with Crippen molar-refractivity contribution < 1.29 is 28.6 Å². The van der Waals surface area contributed by atoms with Crippen molar-refractivity contribution in [3.63, 3.8) is 0 Å². The fraction of sp³-hybridized carbons (Fsp3) is 0.324.